The van der Waals surface area contributed by atoms with Crippen LogP contribution in [0.2, 0.25) is 0 Å². The van der Waals surface area contributed by atoms with Crippen LogP contribution in [0.3, 0.4) is 0 Å². The summed E-state index contributed by atoms with van der Waals surface area (Å²) < 4.78 is 0. The van der Waals surface area contributed by atoms with Crippen molar-refractivity contribution in [1.29, 1.82) is 0 Å². The smallest absolute Gasteiger partial charge is 0 e. The van der Waals surface area contributed by atoms with Gasteiger partial charge in [-0.1, -0.05) is 0 Å². The van der Waals surface area contributed by atoms with Crippen molar-refractivity contribution in [2.75, 3.05) is 0 Å². The molecule has 0 saturated heterocycles. The molecule has 0 amide bonds. The van der Waals surface area contributed by atoms with Crippen molar-refractivity contribution in [2.24, 2.45) is 0 Å². The molecule has 0 nitrogen and oxygen atoms in total. The third-order valence-electron chi connectivity index (χ3n) is 0. The van der Waals surface area contributed by atoms with Crippen molar-refractivity contribution in [2.45, 2.75) is 0 Å². The molecule has 0 unspecified atom stereocenters. The number of hydrogen-bond donors (Lipinski definition) is 0. The zero-order chi connectivity index (χ0) is 0. The van der Waals surface area contributed by atoms with Gasteiger partial charge in [0.1, 0.15) is 0 Å². The number of hydrogen-bond acceptors (Lipinski definition) is 0. The first-order valence-electron chi connectivity index (χ1n) is 0. The predicted octanol–water partition coefficient (Wildman–Crippen LogP) is -2.49. The summed E-state index contributed by atoms with van der Waals surface area (Å²) in [4.78, 5) is 0. The molecular formula is H5AlCoLi2MnNi. The van der Waals surface area contributed by atoms with Crippen molar-refractivity contribution in [3.05, 3.63) is 0 Å². The summed E-state index contributed by atoms with van der Waals surface area (Å²) in [6.07, 6.45) is 0. The van der Waals surface area contributed by atoms with Gasteiger partial charge < -0.3 is 0 Å². The van der Waals surface area contributed by atoms with E-state index in [-0.39, 0.29) is 105 Å². The largest absolute Gasteiger partial charge is 0 e. The molecule has 0 aliphatic rings. The quantitative estimate of drug-likeness (QED) is 0.395. The second-order valence-corrected chi connectivity index (χ2v) is 0. The second-order valence-electron chi connectivity index (χ2n) is 0. The van der Waals surface area contributed by atoms with Gasteiger partial charge in [-0.25, -0.2) is 0 Å². The topological polar surface area (TPSA) is 0 Å². The maximum atomic E-state index is 0. The maximum Gasteiger partial charge on any atom is 0 e. The molecule has 2 radical (unpaired) electrons. The molecule has 0 fully saturated rings. The minimum absolute atomic E-state index is 0. The Kier molecular flexibility index (Phi) is 408. The van der Waals surface area contributed by atoms with Gasteiger partial charge in [0, 0.05) is 50.3 Å². The van der Waals surface area contributed by atoms with Crippen LogP contribution in [0, 0.1) is 0 Å². The summed E-state index contributed by atoms with van der Waals surface area (Å²) in [5.41, 5.74) is 0. The van der Waals surface area contributed by atoms with Crippen LogP contribution < -0.4 is 0 Å². The molecule has 0 atom stereocenters. The Morgan fingerprint density at radius 1 is 0.833 bits per heavy atom. The molecule has 6 heteroatoms. The zero-order valence-electron chi connectivity index (χ0n) is 1.03. The van der Waals surface area contributed by atoms with Gasteiger partial charge in [-0.3, -0.25) is 0 Å². The second kappa shape index (κ2) is 41.1. The third-order valence-corrected chi connectivity index (χ3v) is 0. The summed E-state index contributed by atoms with van der Waals surface area (Å²) in [6, 6.07) is 0. The predicted molar refractivity (Wildman–Crippen MR) is 24.2 cm³/mol. The molecule has 36 valence electrons. The molecule has 0 saturated carbocycles. The Morgan fingerprint density at radius 2 is 0.833 bits per heavy atom. The fourth-order valence-electron chi connectivity index (χ4n) is 0. The van der Waals surface area contributed by atoms with E-state index >= 15 is 0 Å². The van der Waals surface area contributed by atoms with E-state index in [1.165, 1.54) is 0 Å². The van der Waals surface area contributed by atoms with Crippen molar-refractivity contribution >= 4 is 55.1 Å². The van der Waals surface area contributed by atoms with E-state index < -0.39 is 0 Å². The van der Waals surface area contributed by atoms with E-state index in [9.17, 15) is 0 Å². The minimum atomic E-state index is 0. The average Bonchev–Trinajstić information content (AvgIpc) is 0. The molecule has 0 N–H and O–H groups in total. The fourth-order valence-corrected chi connectivity index (χ4v) is 0. The molecule has 0 aliphatic heterocycles. The SMILES string of the molecule is [AlH3].[Co].[LiH].[LiH].[Mn].[Ni]. The summed E-state index contributed by atoms with van der Waals surface area (Å²) in [6.45, 7) is 0. The van der Waals surface area contributed by atoms with E-state index in [1.807, 2.05) is 0 Å². The van der Waals surface area contributed by atoms with E-state index in [0.717, 1.165) is 0 Å². The molecule has 0 aliphatic carbocycles. The van der Waals surface area contributed by atoms with Crippen LogP contribution in [-0.4, -0.2) is 55.1 Å². The first-order chi connectivity index (χ1) is 0. The maximum absolute atomic E-state index is 0. The van der Waals surface area contributed by atoms with Crippen LogP contribution in [0.25, 0.3) is 0 Å². The molecule has 0 rings (SSSR count). The van der Waals surface area contributed by atoms with Crippen LogP contribution in [0.1, 0.15) is 0 Å². The van der Waals surface area contributed by atoms with Crippen LogP contribution in [0.4, 0.5) is 0 Å². The normalized spacial score (nSPS) is 0. The van der Waals surface area contributed by atoms with Gasteiger partial charge in [0.15, 0.2) is 17.4 Å². The Labute approximate surface area is 104 Å². The monoisotopic (exact) mass is 218 g/mol. The van der Waals surface area contributed by atoms with Crippen LogP contribution in [0.15, 0.2) is 0 Å². The molecule has 0 aromatic carbocycles. The van der Waals surface area contributed by atoms with Gasteiger partial charge in [0.2, 0.25) is 0 Å². The van der Waals surface area contributed by atoms with Gasteiger partial charge in [0.25, 0.3) is 0 Å². The Balaban J connectivity index is 0. The van der Waals surface area contributed by atoms with Gasteiger partial charge in [-0.2, -0.15) is 0 Å². The standard InChI is InChI=1S/Al.Co.2Li.Mn.Ni.5H. The van der Waals surface area contributed by atoms with Crippen LogP contribution in [-0.2, 0) is 50.3 Å². The van der Waals surface area contributed by atoms with Crippen LogP contribution >= 0.6 is 0 Å². The molecule has 0 heterocycles. The molecule has 0 aromatic rings. The van der Waals surface area contributed by atoms with Crippen molar-refractivity contribution in [3.63, 3.8) is 0 Å². The summed E-state index contributed by atoms with van der Waals surface area (Å²) in [5, 5.41) is 0. The van der Waals surface area contributed by atoms with E-state index in [1.54, 1.807) is 0 Å². The van der Waals surface area contributed by atoms with Crippen molar-refractivity contribution in [1.82, 2.24) is 0 Å². The average molecular weight is 218 g/mol. The van der Waals surface area contributed by atoms with Gasteiger partial charge in [-0.05, 0) is 0 Å². The minimum Gasteiger partial charge on any atom is 0 e. The van der Waals surface area contributed by atoms with Gasteiger partial charge >= 0.3 is 37.7 Å². The Bertz CT molecular complexity index is 13.5. The first kappa shape index (κ1) is 59.7. The number of rotatable bonds is 0. The Hall–Kier alpha value is 3.25. The van der Waals surface area contributed by atoms with Crippen molar-refractivity contribution in [3.8, 4) is 0 Å². The summed E-state index contributed by atoms with van der Waals surface area (Å²) in [7, 11) is 0. The molecular weight excluding hydrogens is 213 g/mol. The zero-order valence-corrected chi connectivity index (χ0v) is 4.24. The fraction of sp³-hybridized carbons (Fsp3) is 0. The van der Waals surface area contributed by atoms with Gasteiger partial charge in [0.05, 0.1) is 0 Å². The van der Waals surface area contributed by atoms with Crippen molar-refractivity contribution < 1.29 is 50.3 Å². The Morgan fingerprint density at radius 3 is 0.833 bits per heavy atom. The summed E-state index contributed by atoms with van der Waals surface area (Å²) in [5.74, 6) is 0. The van der Waals surface area contributed by atoms with Gasteiger partial charge in [-0.15, -0.1) is 0 Å². The van der Waals surface area contributed by atoms with E-state index in [4.69, 9.17) is 0 Å². The first-order valence-corrected chi connectivity index (χ1v) is 0. The van der Waals surface area contributed by atoms with E-state index in [2.05, 4.69) is 0 Å². The molecule has 6 heavy (non-hydrogen) atoms. The third kappa shape index (κ3) is 26.8. The molecule has 0 aromatic heterocycles. The van der Waals surface area contributed by atoms with Crippen LogP contribution in [0.5, 0.6) is 0 Å². The molecule has 0 spiro atoms. The molecule has 0 bridgehead atoms. The van der Waals surface area contributed by atoms with E-state index in [0.29, 0.717) is 0 Å². The summed E-state index contributed by atoms with van der Waals surface area (Å²) >= 11 is 0.